The molecule has 2 atom stereocenters. The van der Waals surface area contributed by atoms with E-state index in [1.807, 2.05) is 18.2 Å². The minimum absolute atomic E-state index is 0.0177. The molecule has 2 unspecified atom stereocenters. The fourth-order valence-electron chi connectivity index (χ4n) is 5.92. The Balaban J connectivity index is 1.63. The predicted molar refractivity (Wildman–Crippen MR) is 118 cm³/mol. The maximum atomic E-state index is 13.5. The van der Waals surface area contributed by atoms with Crippen LogP contribution in [-0.2, 0) is 11.2 Å². The summed E-state index contributed by atoms with van der Waals surface area (Å²) in [5.41, 5.74) is 4.47. The van der Waals surface area contributed by atoms with E-state index in [4.69, 9.17) is 23.2 Å². The van der Waals surface area contributed by atoms with Gasteiger partial charge < -0.3 is 5.11 Å². The van der Waals surface area contributed by atoms with E-state index in [9.17, 15) is 9.90 Å². The molecule has 4 aliphatic rings. The van der Waals surface area contributed by atoms with Gasteiger partial charge in [-0.15, -0.1) is 0 Å². The van der Waals surface area contributed by atoms with Crippen LogP contribution < -0.4 is 0 Å². The molecule has 2 aromatic carbocycles. The molecule has 1 N–H and O–H groups in total. The van der Waals surface area contributed by atoms with Gasteiger partial charge in [0.25, 0.3) is 0 Å². The molecule has 0 saturated heterocycles. The highest BCUT2D eigenvalue weighted by atomic mass is 35.5. The highest BCUT2D eigenvalue weighted by Gasteiger charge is 2.54. The van der Waals surface area contributed by atoms with Crippen LogP contribution in [0, 0.1) is 23.7 Å². The highest BCUT2D eigenvalue weighted by Crippen LogP contribution is 2.57. The number of aryl methyl sites for hydroxylation is 1. The maximum Gasteiger partial charge on any atom is 0.170 e. The summed E-state index contributed by atoms with van der Waals surface area (Å²) in [4.78, 5) is 13.5. The van der Waals surface area contributed by atoms with Crippen molar-refractivity contribution in [3.05, 3.63) is 63.3 Å². The Kier molecular flexibility index (Phi) is 4.75. The van der Waals surface area contributed by atoms with E-state index in [0.717, 1.165) is 54.4 Å². The van der Waals surface area contributed by atoms with Gasteiger partial charge in [0.15, 0.2) is 5.78 Å². The van der Waals surface area contributed by atoms with Crippen LogP contribution in [0.4, 0.5) is 0 Å². The maximum absolute atomic E-state index is 13.5. The normalized spacial score (nSPS) is 28.2. The van der Waals surface area contributed by atoms with Crippen molar-refractivity contribution in [2.75, 3.05) is 0 Å². The van der Waals surface area contributed by atoms with Gasteiger partial charge in [0, 0.05) is 11.8 Å². The number of halogens is 2. The largest absolute Gasteiger partial charge is 0.511 e. The van der Waals surface area contributed by atoms with E-state index in [1.165, 1.54) is 0 Å². The summed E-state index contributed by atoms with van der Waals surface area (Å²) in [6, 6.07) is 11.7. The second-order valence-corrected chi connectivity index (χ2v) is 9.52. The molecule has 0 heterocycles. The van der Waals surface area contributed by atoms with Crippen molar-refractivity contribution in [2.24, 2.45) is 23.7 Å². The molecule has 0 spiro atoms. The molecule has 0 amide bonds. The lowest BCUT2D eigenvalue weighted by Gasteiger charge is -2.44. The smallest absolute Gasteiger partial charge is 0.170 e. The molecule has 2 bridgehead atoms. The number of Topliss-reactive ketones (excluding diaryl/α,β-unsaturated/α-hetero) is 1. The summed E-state index contributed by atoms with van der Waals surface area (Å²) in [5.74, 6) is 1.40. The minimum Gasteiger partial charge on any atom is -0.511 e. The third kappa shape index (κ3) is 2.95. The second-order valence-electron chi connectivity index (χ2n) is 8.71. The highest BCUT2D eigenvalue weighted by molar-refractivity contribution is 6.42. The minimum atomic E-state index is -0.0177. The molecule has 0 aliphatic heterocycles. The van der Waals surface area contributed by atoms with Crippen LogP contribution in [0.2, 0.25) is 10.0 Å². The molecule has 3 fully saturated rings. The fraction of sp³-hybridized carbons (Fsp3) is 0.400. The summed E-state index contributed by atoms with van der Waals surface area (Å²) < 4.78 is 0. The summed E-state index contributed by atoms with van der Waals surface area (Å²) >= 11 is 12.3. The Hall–Kier alpha value is -1.77. The molecule has 0 radical (unpaired) electrons. The van der Waals surface area contributed by atoms with E-state index in [0.29, 0.717) is 33.2 Å². The molecule has 150 valence electrons. The number of hydrogen-bond acceptors (Lipinski definition) is 2. The van der Waals surface area contributed by atoms with Crippen LogP contribution >= 0.6 is 23.2 Å². The first-order valence-corrected chi connectivity index (χ1v) is 11.3. The Bertz CT molecular complexity index is 1030. The first-order chi connectivity index (χ1) is 14.0. The molecule has 2 aromatic rings. The summed E-state index contributed by atoms with van der Waals surface area (Å²) in [6.45, 7) is 2.09. The van der Waals surface area contributed by atoms with E-state index < -0.39 is 0 Å². The number of aliphatic hydroxyl groups excluding tert-OH is 1. The molecule has 6 rings (SSSR count). The molecule has 4 heteroatoms. The standard InChI is InChI=1S/C25H24Cl2O2/c1-2-13-3-8-16(17-9-10-19(26)20(27)12-17)11-18(13)23-24(28)21-14-4-5-15(7-6-14)22(21)25(23)29/h3,8-12,14-15,21-22,28H,2,4-7H2,1H3. The van der Waals surface area contributed by atoms with Gasteiger partial charge in [-0.05, 0) is 84.4 Å². The summed E-state index contributed by atoms with van der Waals surface area (Å²) in [7, 11) is 0. The lowest BCUT2D eigenvalue weighted by molar-refractivity contribution is -0.123. The molecule has 4 aliphatic carbocycles. The number of carbonyl (C=O) groups is 1. The molecule has 29 heavy (non-hydrogen) atoms. The van der Waals surface area contributed by atoms with Crippen molar-refractivity contribution in [2.45, 2.75) is 39.0 Å². The van der Waals surface area contributed by atoms with Crippen LogP contribution in [0.15, 0.2) is 42.2 Å². The first kappa shape index (κ1) is 19.2. The van der Waals surface area contributed by atoms with Gasteiger partial charge in [-0.2, -0.15) is 0 Å². The monoisotopic (exact) mass is 426 g/mol. The zero-order chi connectivity index (χ0) is 20.3. The third-order valence-corrected chi connectivity index (χ3v) is 8.09. The average molecular weight is 427 g/mol. The number of ketones is 1. The topological polar surface area (TPSA) is 37.3 Å². The van der Waals surface area contributed by atoms with Gasteiger partial charge in [0.2, 0.25) is 0 Å². The molecular formula is C25H24Cl2O2. The van der Waals surface area contributed by atoms with E-state index >= 15 is 0 Å². The number of hydrogen-bond donors (Lipinski definition) is 1. The fourth-order valence-corrected chi connectivity index (χ4v) is 6.22. The van der Waals surface area contributed by atoms with Crippen LogP contribution in [0.1, 0.15) is 43.7 Å². The van der Waals surface area contributed by atoms with Crippen molar-refractivity contribution < 1.29 is 9.90 Å². The van der Waals surface area contributed by atoms with E-state index in [2.05, 4.69) is 19.1 Å². The number of carbonyl (C=O) groups excluding carboxylic acids is 1. The Labute approximate surface area is 181 Å². The SMILES string of the molecule is CCc1ccc(-c2ccc(Cl)c(Cl)c2)cc1C1=C(O)C2C3CCC(CC3)C2C1=O. The Morgan fingerprint density at radius 1 is 0.897 bits per heavy atom. The second kappa shape index (κ2) is 7.18. The lowest BCUT2D eigenvalue weighted by Crippen LogP contribution is -2.41. The first-order valence-electron chi connectivity index (χ1n) is 10.6. The summed E-state index contributed by atoms with van der Waals surface area (Å²) in [6.07, 6.45) is 5.34. The van der Waals surface area contributed by atoms with Crippen molar-refractivity contribution in [3.63, 3.8) is 0 Å². The van der Waals surface area contributed by atoms with Crippen molar-refractivity contribution in [1.29, 1.82) is 0 Å². The van der Waals surface area contributed by atoms with Crippen LogP contribution in [-0.4, -0.2) is 10.9 Å². The molecule has 2 nitrogen and oxygen atoms in total. The van der Waals surface area contributed by atoms with E-state index in [1.54, 1.807) is 6.07 Å². The Morgan fingerprint density at radius 3 is 2.14 bits per heavy atom. The predicted octanol–water partition coefficient (Wildman–Crippen LogP) is 7.13. The number of allylic oxidation sites excluding steroid dienone is 2. The van der Waals surface area contributed by atoms with Gasteiger partial charge in [-0.3, -0.25) is 4.79 Å². The van der Waals surface area contributed by atoms with Crippen molar-refractivity contribution in [1.82, 2.24) is 0 Å². The average Bonchev–Trinajstić information content (AvgIpc) is 3.03. The van der Waals surface area contributed by atoms with Gasteiger partial charge in [0.05, 0.1) is 15.6 Å². The number of fused-ring (bicyclic) bond motifs is 2. The van der Waals surface area contributed by atoms with Crippen LogP contribution in [0.25, 0.3) is 16.7 Å². The number of aliphatic hydroxyl groups is 1. The molecule has 3 saturated carbocycles. The zero-order valence-electron chi connectivity index (χ0n) is 16.4. The quantitative estimate of drug-likeness (QED) is 0.566. The third-order valence-electron chi connectivity index (χ3n) is 7.35. The molecular weight excluding hydrogens is 403 g/mol. The lowest BCUT2D eigenvalue weighted by atomic mass is 9.59. The van der Waals surface area contributed by atoms with Gasteiger partial charge in [-0.25, -0.2) is 0 Å². The molecule has 0 aromatic heterocycles. The van der Waals surface area contributed by atoms with Crippen molar-refractivity contribution >= 4 is 34.6 Å². The summed E-state index contributed by atoms with van der Waals surface area (Å²) in [5, 5.41) is 12.2. The van der Waals surface area contributed by atoms with E-state index in [-0.39, 0.29) is 17.6 Å². The van der Waals surface area contributed by atoms with Crippen LogP contribution in [0.5, 0.6) is 0 Å². The van der Waals surface area contributed by atoms with Gasteiger partial charge in [-0.1, -0.05) is 48.3 Å². The van der Waals surface area contributed by atoms with Gasteiger partial charge >= 0.3 is 0 Å². The Morgan fingerprint density at radius 2 is 1.52 bits per heavy atom. The van der Waals surface area contributed by atoms with Crippen LogP contribution in [0.3, 0.4) is 0 Å². The number of rotatable bonds is 3. The zero-order valence-corrected chi connectivity index (χ0v) is 17.9. The number of benzene rings is 2. The van der Waals surface area contributed by atoms with Gasteiger partial charge in [0.1, 0.15) is 5.76 Å². The van der Waals surface area contributed by atoms with Crippen molar-refractivity contribution in [3.8, 4) is 11.1 Å².